The summed E-state index contributed by atoms with van der Waals surface area (Å²) in [5.74, 6) is -0.152. The Bertz CT molecular complexity index is 1170. The lowest BCUT2D eigenvalue weighted by atomic mass is 9.42. The molecule has 0 heterocycles. The number of nitrogens with zero attached hydrogens (tertiary/aromatic N) is 1. The Morgan fingerprint density at radius 3 is 2.17 bits per heavy atom. The van der Waals surface area contributed by atoms with Gasteiger partial charge < -0.3 is 10.1 Å². The highest BCUT2D eigenvalue weighted by atomic mass is 16.6. The molecule has 0 aliphatic heterocycles. The van der Waals surface area contributed by atoms with Crippen LogP contribution in [0.15, 0.2) is 23.3 Å². The van der Waals surface area contributed by atoms with Crippen LogP contribution < -0.4 is 5.32 Å². The minimum absolute atomic E-state index is 0.0157. The van der Waals surface area contributed by atoms with Crippen molar-refractivity contribution in [2.24, 2.45) is 33.0 Å². The average molecular weight is 583 g/mol. The van der Waals surface area contributed by atoms with Gasteiger partial charge in [0.1, 0.15) is 6.07 Å². The van der Waals surface area contributed by atoms with Crippen LogP contribution in [0.1, 0.15) is 135 Å². The molecule has 0 bridgehead atoms. The molecule has 0 saturated heterocycles. The summed E-state index contributed by atoms with van der Waals surface area (Å²) in [5.41, 5.74) is -1.06. The van der Waals surface area contributed by atoms with Gasteiger partial charge in [0.15, 0.2) is 11.6 Å². The third kappa shape index (κ3) is 7.20. The van der Waals surface area contributed by atoms with Gasteiger partial charge in [-0.2, -0.15) is 5.26 Å². The molecule has 0 aromatic carbocycles. The number of amides is 1. The first-order chi connectivity index (χ1) is 19.0. The summed E-state index contributed by atoms with van der Waals surface area (Å²) in [4.78, 5) is 38.9. The zero-order chi connectivity index (χ0) is 32.5. The topological polar surface area (TPSA) is 96.3 Å². The quantitative estimate of drug-likeness (QED) is 0.245. The van der Waals surface area contributed by atoms with E-state index in [0.717, 1.165) is 50.5 Å². The van der Waals surface area contributed by atoms with E-state index in [0.29, 0.717) is 0 Å². The van der Waals surface area contributed by atoms with Crippen LogP contribution >= 0.6 is 0 Å². The smallest absolute Gasteiger partial charge is 0.407 e. The summed E-state index contributed by atoms with van der Waals surface area (Å²) >= 11 is 0. The van der Waals surface area contributed by atoms with Crippen molar-refractivity contribution in [3.63, 3.8) is 0 Å². The van der Waals surface area contributed by atoms with E-state index in [1.54, 1.807) is 13.0 Å². The van der Waals surface area contributed by atoms with E-state index in [2.05, 4.69) is 66.8 Å². The molecule has 6 nitrogen and oxygen atoms in total. The average Bonchev–Trinajstić information content (AvgIpc) is 2.85. The molecule has 1 fully saturated rings. The van der Waals surface area contributed by atoms with E-state index in [4.69, 9.17) is 4.74 Å². The summed E-state index contributed by atoms with van der Waals surface area (Å²) in [6, 6.07) is 2.16. The Morgan fingerprint density at radius 1 is 1.10 bits per heavy atom. The van der Waals surface area contributed by atoms with E-state index in [9.17, 15) is 19.6 Å². The second-order valence-corrected chi connectivity index (χ2v) is 16.1. The van der Waals surface area contributed by atoms with E-state index < -0.39 is 16.4 Å². The molecule has 236 valence electrons. The Kier molecular flexibility index (Phi) is 10.5. The molecule has 2 aliphatic carbocycles. The van der Waals surface area contributed by atoms with Crippen molar-refractivity contribution in [2.75, 3.05) is 0 Å². The van der Waals surface area contributed by atoms with Crippen LogP contribution in [0, 0.1) is 44.3 Å². The predicted octanol–water partition coefficient (Wildman–Crippen LogP) is 8.90. The molecule has 2 rings (SSSR count). The molecule has 0 radical (unpaired) electrons. The maximum Gasteiger partial charge on any atom is 0.407 e. The molecule has 1 N–H and O–H groups in total. The number of hydrogen-bond acceptors (Lipinski definition) is 5. The van der Waals surface area contributed by atoms with Crippen LogP contribution in [-0.4, -0.2) is 29.3 Å². The molecule has 0 aromatic heterocycles. The van der Waals surface area contributed by atoms with Crippen molar-refractivity contribution >= 4 is 17.7 Å². The van der Waals surface area contributed by atoms with Crippen molar-refractivity contribution in [1.29, 1.82) is 5.26 Å². The Balaban J connectivity index is 2.55. The van der Waals surface area contributed by atoms with Gasteiger partial charge >= 0.3 is 6.09 Å². The van der Waals surface area contributed by atoms with Crippen molar-refractivity contribution < 1.29 is 19.1 Å². The number of ether oxygens (including phenoxy) is 1. The largest absolute Gasteiger partial charge is 0.447 e. The van der Waals surface area contributed by atoms with E-state index in [-0.39, 0.29) is 51.5 Å². The fraction of sp³-hybridized carbons (Fsp3) is 0.778. The zero-order valence-corrected chi connectivity index (χ0v) is 28.8. The lowest BCUT2D eigenvalue weighted by Gasteiger charge is -2.61. The minimum Gasteiger partial charge on any atom is -0.447 e. The van der Waals surface area contributed by atoms with Crippen molar-refractivity contribution in [3.05, 3.63) is 23.3 Å². The minimum atomic E-state index is -0.707. The molecular formula is C36H58N2O4. The molecule has 0 aromatic rings. The lowest BCUT2D eigenvalue weighted by molar-refractivity contribution is -0.131. The molecule has 0 spiro atoms. The number of carbonyl (C=O) groups excluding carboxylic acids is 3. The number of nitrogens with one attached hydrogen (secondary N) is 1. The highest BCUT2D eigenvalue weighted by Crippen LogP contribution is 2.67. The van der Waals surface area contributed by atoms with Gasteiger partial charge in [-0.05, 0) is 94.5 Å². The Labute approximate surface area is 256 Å². The van der Waals surface area contributed by atoms with E-state index in [1.165, 1.54) is 0 Å². The highest BCUT2D eigenvalue weighted by Gasteiger charge is 2.61. The fourth-order valence-electron chi connectivity index (χ4n) is 7.51. The van der Waals surface area contributed by atoms with E-state index >= 15 is 0 Å². The number of alkyl carbamates (subject to hydrolysis) is 1. The molecule has 1 saturated carbocycles. The summed E-state index contributed by atoms with van der Waals surface area (Å²) < 4.78 is 5.50. The lowest BCUT2D eigenvalue weighted by Crippen LogP contribution is -2.56. The van der Waals surface area contributed by atoms with Crippen LogP contribution in [-0.2, 0) is 14.3 Å². The van der Waals surface area contributed by atoms with Crippen molar-refractivity contribution in [2.45, 2.75) is 147 Å². The number of allylic oxidation sites excluding steroid dienone is 4. The van der Waals surface area contributed by atoms with Crippen LogP contribution in [0.3, 0.4) is 0 Å². The second-order valence-electron chi connectivity index (χ2n) is 16.1. The van der Waals surface area contributed by atoms with Gasteiger partial charge in [-0.15, -0.1) is 0 Å². The van der Waals surface area contributed by atoms with Gasteiger partial charge in [0.25, 0.3) is 0 Å². The summed E-state index contributed by atoms with van der Waals surface area (Å²) in [6.07, 6.45) is 9.10. The third-order valence-corrected chi connectivity index (χ3v) is 11.3. The number of fused-ring (bicyclic) bond motifs is 1. The predicted molar refractivity (Wildman–Crippen MR) is 170 cm³/mol. The zero-order valence-electron chi connectivity index (χ0n) is 28.8. The van der Waals surface area contributed by atoms with Gasteiger partial charge in [-0.3, -0.25) is 9.59 Å². The summed E-state index contributed by atoms with van der Waals surface area (Å²) in [6.45, 7) is 27.0. The number of rotatable bonds is 11. The fourth-order valence-corrected chi connectivity index (χ4v) is 7.51. The first kappa shape index (κ1) is 35.8. The maximum atomic E-state index is 13.3. The maximum absolute atomic E-state index is 13.3. The SMILES string of the molecule is CCC(C)(C)CC[C@@](C)(CCC(C)(C)[C@]1(C)CC[C@H]2C(C)(C)C(=O)C(C#N)=C[C@]2(C)/C1=C/C(C)=O)NC(=O)OC(C)C. The first-order valence-electron chi connectivity index (χ1n) is 15.9. The van der Waals surface area contributed by atoms with Gasteiger partial charge in [-0.1, -0.05) is 80.4 Å². The van der Waals surface area contributed by atoms with Crippen LogP contribution in [0.2, 0.25) is 0 Å². The third-order valence-electron chi connectivity index (χ3n) is 11.3. The molecule has 2 aliphatic rings. The van der Waals surface area contributed by atoms with Gasteiger partial charge in [0.05, 0.1) is 11.7 Å². The molecule has 0 unspecified atom stereocenters. The number of ketones is 2. The molecule has 1 amide bonds. The summed E-state index contributed by atoms with van der Waals surface area (Å²) in [5, 5.41) is 13.1. The number of Topliss-reactive ketones (excluding diaryl/α,β-unsaturated/α-hetero) is 1. The molecule has 6 heteroatoms. The Hall–Kier alpha value is -2.42. The summed E-state index contributed by atoms with van der Waals surface area (Å²) in [7, 11) is 0. The van der Waals surface area contributed by atoms with Crippen LogP contribution in [0.25, 0.3) is 0 Å². The van der Waals surface area contributed by atoms with Gasteiger partial charge in [0, 0.05) is 16.4 Å². The van der Waals surface area contributed by atoms with Gasteiger partial charge in [0.2, 0.25) is 0 Å². The van der Waals surface area contributed by atoms with Crippen LogP contribution in [0.4, 0.5) is 4.79 Å². The molecule has 4 atom stereocenters. The number of nitriles is 1. The van der Waals surface area contributed by atoms with Crippen molar-refractivity contribution in [3.8, 4) is 6.07 Å². The molecule has 42 heavy (non-hydrogen) atoms. The first-order valence-corrected chi connectivity index (χ1v) is 15.9. The van der Waals surface area contributed by atoms with Crippen molar-refractivity contribution in [1.82, 2.24) is 5.32 Å². The van der Waals surface area contributed by atoms with Gasteiger partial charge in [-0.25, -0.2) is 4.79 Å². The number of carbonyl (C=O) groups is 3. The Morgan fingerprint density at radius 2 is 1.67 bits per heavy atom. The normalized spacial score (nSPS) is 28.4. The highest BCUT2D eigenvalue weighted by molar-refractivity contribution is 6.04. The molecular weight excluding hydrogens is 524 g/mol. The van der Waals surface area contributed by atoms with E-state index in [1.807, 2.05) is 33.8 Å². The number of hydrogen-bond donors (Lipinski definition) is 1. The van der Waals surface area contributed by atoms with Crippen LogP contribution in [0.5, 0.6) is 0 Å². The monoisotopic (exact) mass is 582 g/mol. The second kappa shape index (κ2) is 12.3. The standard InChI is InChI=1S/C36H58N2O4/c1-14-31(5,6)17-19-34(11,38-30(41)42-24(2)3)20-18-32(7,8)36(13)16-15-27-33(9,10)29(40)26(23-37)22-35(27,12)28(36)21-25(4)39/h21-22,24,27H,14-20H2,1-13H3,(H,38,41)/b28-21-/t27-,34-,35-,36+/m0/s1.